The molecule has 0 saturated heterocycles. The number of allylic oxidation sites excluding steroid dienone is 1. The molecule has 0 aromatic heterocycles. The lowest BCUT2D eigenvalue weighted by Crippen LogP contribution is -2.27. The SMILES string of the molecule is CC.COc1ccc(CC2C(=NC3CCCCC3)NC3=C2C(=O)CC(=O)C3)cc1. The summed E-state index contributed by atoms with van der Waals surface area (Å²) in [5.41, 5.74) is 2.70. The van der Waals surface area contributed by atoms with Crippen molar-refractivity contribution in [3.8, 4) is 5.75 Å². The fourth-order valence-electron chi connectivity index (χ4n) is 4.42. The number of methoxy groups -OCH3 is 1. The summed E-state index contributed by atoms with van der Waals surface area (Å²) in [5.74, 6) is 1.58. The van der Waals surface area contributed by atoms with Crippen molar-refractivity contribution >= 4 is 17.4 Å². The molecule has 3 aliphatic rings. The van der Waals surface area contributed by atoms with Gasteiger partial charge >= 0.3 is 0 Å². The number of Topliss-reactive ketones (excluding diaryl/α,β-unsaturated/α-hetero) is 2. The topological polar surface area (TPSA) is 67.8 Å². The maximum Gasteiger partial charge on any atom is 0.168 e. The van der Waals surface area contributed by atoms with Crippen LogP contribution >= 0.6 is 0 Å². The monoisotopic (exact) mass is 396 g/mol. The molecule has 5 heteroatoms. The molecule has 1 atom stereocenters. The van der Waals surface area contributed by atoms with Crippen LogP contribution in [0.4, 0.5) is 0 Å². The number of hydrogen-bond donors (Lipinski definition) is 1. The van der Waals surface area contributed by atoms with Crippen molar-refractivity contribution < 1.29 is 14.3 Å². The number of hydrogen-bond acceptors (Lipinski definition) is 4. The van der Waals surface area contributed by atoms with E-state index in [0.717, 1.165) is 41.3 Å². The molecule has 0 bridgehead atoms. The van der Waals surface area contributed by atoms with Gasteiger partial charge in [-0.25, -0.2) is 0 Å². The zero-order chi connectivity index (χ0) is 20.8. The van der Waals surface area contributed by atoms with E-state index >= 15 is 0 Å². The number of aliphatic imine (C=N–C) groups is 1. The van der Waals surface area contributed by atoms with E-state index in [-0.39, 0.29) is 23.9 Å². The van der Waals surface area contributed by atoms with E-state index < -0.39 is 0 Å². The van der Waals surface area contributed by atoms with Crippen LogP contribution in [0.2, 0.25) is 0 Å². The normalized spacial score (nSPS) is 23.4. The van der Waals surface area contributed by atoms with E-state index in [2.05, 4.69) is 5.32 Å². The van der Waals surface area contributed by atoms with Gasteiger partial charge in [-0.3, -0.25) is 14.6 Å². The molecule has 1 aromatic rings. The third kappa shape index (κ3) is 4.95. The van der Waals surface area contributed by atoms with Crippen LogP contribution < -0.4 is 10.1 Å². The van der Waals surface area contributed by atoms with E-state index in [9.17, 15) is 9.59 Å². The molecule has 1 fully saturated rings. The summed E-state index contributed by atoms with van der Waals surface area (Å²) in [7, 11) is 1.65. The maximum absolute atomic E-state index is 12.6. The molecule has 1 aliphatic heterocycles. The third-order valence-corrected chi connectivity index (χ3v) is 5.81. The number of ether oxygens (including phenoxy) is 1. The first-order chi connectivity index (χ1) is 14.1. The van der Waals surface area contributed by atoms with Crippen LogP contribution in [0.25, 0.3) is 0 Å². The summed E-state index contributed by atoms with van der Waals surface area (Å²) in [6, 6.07) is 8.28. The van der Waals surface area contributed by atoms with Gasteiger partial charge < -0.3 is 10.1 Å². The van der Waals surface area contributed by atoms with Crippen LogP contribution in [0, 0.1) is 5.92 Å². The Morgan fingerprint density at radius 3 is 2.38 bits per heavy atom. The first-order valence-electron chi connectivity index (χ1n) is 10.9. The molecule has 29 heavy (non-hydrogen) atoms. The van der Waals surface area contributed by atoms with E-state index in [1.54, 1.807) is 7.11 Å². The summed E-state index contributed by atoms with van der Waals surface area (Å²) < 4.78 is 5.24. The molecule has 1 aromatic carbocycles. The van der Waals surface area contributed by atoms with Gasteiger partial charge in [-0.15, -0.1) is 0 Å². The summed E-state index contributed by atoms with van der Waals surface area (Å²) in [4.78, 5) is 29.5. The van der Waals surface area contributed by atoms with Crippen LogP contribution in [-0.4, -0.2) is 30.6 Å². The fourth-order valence-corrected chi connectivity index (χ4v) is 4.42. The van der Waals surface area contributed by atoms with Gasteiger partial charge in [-0.05, 0) is 37.0 Å². The van der Waals surface area contributed by atoms with E-state index in [0.29, 0.717) is 18.9 Å². The largest absolute Gasteiger partial charge is 0.497 e. The molecule has 0 amide bonds. The fraction of sp³-hybridized carbons (Fsp3) is 0.542. The Morgan fingerprint density at radius 1 is 1.03 bits per heavy atom. The van der Waals surface area contributed by atoms with Gasteiger partial charge in [0.2, 0.25) is 0 Å². The van der Waals surface area contributed by atoms with Crippen molar-refractivity contribution in [2.24, 2.45) is 10.9 Å². The first-order valence-corrected chi connectivity index (χ1v) is 10.9. The second-order valence-corrected chi connectivity index (χ2v) is 7.74. The van der Waals surface area contributed by atoms with E-state index in [4.69, 9.17) is 9.73 Å². The van der Waals surface area contributed by atoms with E-state index in [1.165, 1.54) is 19.3 Å². The third-order valence-electron chi connectivity index (χ3n) is 5.81. The molecular weight excluding hydrogens is 364 g/mol. The summed E-state index contributed by atoms with van der Waals surface area (Å²) in [6.45, 7) is 4.00. The van der Waals surface area contributed by atoms with Crippen molar-refractivity contribution in [3.05, 3.63) is 41.1 Å². The number of nitrogens with zero attached hydrogens (tertiary/aromatic N) is 1. The molecule has 5 nitrogen and oxygen atoms in total. The number of amidine groups is 1. The van der Waals surface area contributed by atoms with Gasteiger partial charge in [-0.1, -0.05) is 45.2 Å². The van der Waals surface area contributed by atoms with Crippen LogP contribution in [-0.2, 0) is 16.0 Å². The Labute approximate surface area is 173 Å². The predicted molar refractivity (Wildman–Crippen MR) is 115 cm³/mol. The number of carbonyl (C=O) groups excluding carboxylic acids is 2. The van der Waals surface area contributed by atoms with Crippen LogP contribution in [0.3, 0.4) is 0 Å². The quantitative estimate of drug-likeness (QED) is 0.766. The highest BCUT2D eigenvalue weighted by atomic mass is 16.5. The number of nitrogens with one attached hydrogen (secondary N) is 1. The van der Waals surface area contributed by atoms with Crippen molar-refractivity contribution in [1.29, 1.82) is 0 Å². The summed E-state index contributed by atoms with van der Waals surface area (Å²) in [5, 5.41) is 3.36. The van der Waals surface area contributed by atoms with Gasteiger partial charge in [0.1, 0.15) is 17.4 Å². The average Bonchev–Trinajstić information content (AvgIpc) is 3.07. The van der Waals surface area contributed by atoms with Crippen molar-refractivity contribution in [1.82, 2.24) is 5.32 Å². The minimum absolute atomic E-state index is 0.00614. The molecule has 4 rings (SSSR count). The Bertz CT molecular complexity index is 802. The second kappa shape index (κ2) is 9.86. The highest BCUT2D eigenvalue weighted by molar-refractivity contribution is 6.17. The van der Waals surface area contributed by atoms with E-state index in [1.807, 2.05) is 38.1 Å². The Hall–Kier alpha value is -2.43. The molecule has 1 N–H and O–H groups in total. The molecule has 156 valence electrons. The standard InChI is InChI=1S/C22H26N2O3.C2H6/c1-27-17-9-7-14(8-10-17)11-18-21-19(12-16(25)13-20(21)26)24-22(18)23-15-5-3-2-4-6-15;1-2/h7-10,15,18H,2-6,11-13H2,1H3,(H,23,24);1-2H3. The molecule has 1 saturated carbocycles. The van der Waals surface area contributed by atoms with Crippen molar-refractivity contribution in [2.75, 3.05) is 7.11 Å². The van der Waals surface area contributed by atoms with Crippen LogP contribution in [0.15, 0.2) is 40.5 Å². The van der Waals surface area contributed by atoms with Gasteiger partial charge in [0, 0.05) is 17.7 Å². The Kier molecular flexibility index (Phi) is 7.24. The molecule has 2 aliphatic carbocycles. The van der Waals surface area contributed by atoms with Gasteiger partial charge in [-0.2, -0.15) is 0 Å². The number of carbonyl (C=O) groups is 2. The molecule has 1 unspecified atom stereocenters. The number of ketones is 2. The van der Waals surface area contributed by atoms with Gasteiger partial charge in [0.15, 0.2) is 5.78 Å². The number of benzene rings is 1. The highest BCUT2D eigenvalue weighted by Gasteiger charge is 2.39. The average molecular weight is 397 g/mol. The maximum atomic E-state index is 12.6. The molecular formula is C24H32N2O3. The van der Waals surface area contributed by atoms with Crippen LogP contribution in [0.5, 0.6) is 5.75 Å². The second-order valence-electron chi connectivity index (χ2n) is 7.74. The van der Waals surface area contributed by atoms with Gasteiger partial charge in [0.05, 0.1) is 25.5 Å². The van der Waals surface area contributed by atoms with Crippen molar-refractivity contribution in [2.45, 2.75) is 71.3 Å². The minimum Gasteiger partial charge on any atom is -0.497 e. The zero-order valence-corrected chi connectivity index (χ0v) is 17.8. The minimum atomic E-state index is -0.0732. The highest BCUT2D eigenvalue weighted by Crippen LogP contribution is 2.34. The summed E-state index contributed by atoms with van der Waals surface area (Å²) in [6.07, 6.45) is 6.99. The smallest absolute Gasteiger partial charge is 0.168 e. The van der Waals surface area contributed by atoms with Crippen LogP contribution in [0.1, 0.15) is 64.4 Å². The molecule has 0 spiro atoms. The van der Waals surface area contributed by atoms with Crippen molar-refractivity contribution in [3.63, 3.8) is 0 Å². The first kappa shape index (κ1) is 21.3. The Balaban J connectivity index is 0.00000117. The Morgan fingerprint density at radius 2 is 1.72 bits per heavy atom. The number of rotatable bonds is 4. The summed E-state index contributed by atoms with van der Waals surface area (Å²) >= 11 is 0. The predicted octanol–water partition coefficient (Wildman–Crippen LogP) is 4.40. The molecule has 1 heterocycles. The lowest BCUT2D eigenvalue weighted by atomic mass is 9.84. The molecule has 0 radical (unpaired) electrons. The van der Waals surface area contributed by atoms with Gasteiger partial charge in [0.25, 0.3) is 0 Å². The zero-order valence-electron chi connectivity index (χ0n) is 17.8. The lowest BCUT2D eigenvalue weighted by Gasteiger charge is -2.21. The lowest BCUT2D eigenvalue weighted by molar-refractivity contribution is -0.125.